The summed E-state index contributed by atoms with van der Waals surface area (Å²) in [5.41, 5.74) is 0.841. The summed E-state index contributed by atoms with van der Waals surface area (Å²) in [5, 5.41) is 5.40. The molecule has 9 heteroatoms. The van der Waals surface area contributed by atoms with E-state index in [0.29, 0.717) is 31.7 Å². The van der Waals surface area contributed by atoms with Gasteiger partial charge in [0.15, 0.2) is 0 Å². The molecule has 2 saturated heterocycles. The van der Waals surface area contributed by atoms with Gasteiger partial charge in [-0.15, -0.1) is 12.4 Å². The summed E-state index contributed by atoms with van der Waals surface area (Å²) < 4.78 is 31.7. The van der Waals surface area contributed by atoms with Crippen LogP contribution in [0.3, 0.4) is 0 Å². The number of carbonyl (C=O) groups is 2. The lowest BCUT2D eigenvalue weighted by Crippen LogP contribution is -2.50. The summed E-state index contributed by atoms with van der Waals surface area (Å²) >= 11 is 0. The molecule has 0 aliphatic carbocycles. The third-order valence-electron chi connectivity index (χ3n) is 5.15. The Kier molecular flexibility index (Phi) is 7.60. The predicted molar refractivity (Wildman–Crippen MR) is 103 cm³/mol. The molecule has 1 unspecified atom stereocenters. The molecule has 2 amide bonds. The first-order valence-electron chi connectivity index (χ1n) is 9.19. The van der Waals surface area contributed by atoms with Crippen molar-refractivity contribution in [1.29, 1.82) is 0 Å². The molecule has 2 fully saturated rings. The first-order valence-corrected chi connectivity index (χ1v) is 9.19. The number of ether oxygens (including phenoxy) is 1. The van der Waals surface area contributed by atoms with Gasteiger partial charge in [-0.25, -0.2) is 8.78 Å². The van der Waals surface area contributed by atoms with E-state index in [2.05, 4.69) is 10.6 Å². The summed E-state index contributed by atoms with van der Waals surface area (Å²) in [6.45, 7) is 0.612. The molecule has 28 heavy (non-hydrogen) atoms. The van der Waals surface area contributed by atoms with Gasteiger partial charge in [-0.2, -0.15) is 0 Å². The first kappa shape index (κ1) is 22.4. The zero-order valence-electron chi connectivity index (χ0n) is 15.7. The SMILES string of the molecule is COc1ccccc1CC(=O)N1CCC(NC(=O)C2CC(F)(F)CN2)CC1.Cl. The number of hydrogen-bond donors (Lipinski definition) is 2. The highest BCUT2D eigenvalue weighted by Crippen LogP contribution is 2.25. The Morgan fingerprint density at radius 1 is 1.29 bits per heavy atom. The van der Waals surface area contributed by atoms with Crippen LogP contribution >= 0.6 is 12.4 Å². The van der Waals surface area contributed by atoms with Crippen LogP contribution in [0, 0.1) is 0 Å². The van der Waals surface area contributed by atoms with Crippen molar-refractivity contribution < 1.29 is 23.1 Å². The molecule has 1 aromatic rings. The summed E-state index contributed by atoms with van der Waals surface area (Å²) in [4.78, 5) is 26.4. The molecule has 6 nitrogen and oxygen atoms in total. The van der Waals surface area contributed by atoms with Crippen LogP contribution in [0.2, 0.25) is 0 Å². The molecule has 1 aromatic carbocycles. The molecule has 2 heterocycles. The van der Waals surface area contributed by atoms with Crippen LogP contribution in [0.15, 0.2) is 24.3 Å². The molecule has 0 bridgehead atoms. The summed E-state index contributed by atoms with van der Waals surface area (Å²) in [7, 11) is 1.58. The normalized spacial score (nSPS) is 21.7. The smallest absolute Gasteiger partial charge is 0.262 e. The Morgan fingerprint density at radius 2 is 1.96 bits per heavy atom. The van der Waals surface area contributed by atoms with E-state index in [1.54, 1.807) is 12.0 Å². The quantitative estimate of drug-likeness (QED) is 0.766. The van der Waals surface area contributed by atoms with Crippen LogP contribution in [0.1, 0.15) is 24.8 Å². The second kappa shape index (κ2) is 9.52. The molecule has 3 rings (SSSR count). The molecule has 2 aliphatic heterocycles. The van der Waals surface area contributed by atoms with Gasteiger partial charge in [0.05, 0.1) is 26.1 Å². The minimum absolute atomic E-state index is 0. The molecule has 156 valence electrons. The van der Waals surface area contributed by atoms with Crippen LogP contribution in [0.25, 0.3) is 0 Å². The fourth-order valence-corrected chi connectivity index (χ4v) is 3.60. The van der Waals surface area contributed by atoms with Gasteiger partial charge >= 0.3 is 0 Å². The van der Waals surface area contributed by atoms with Crippen molar-refractivity contribution in [2.24, 2.45) is 0 Å². The first-order chi connectivity index (χ1) is 12.9. The van der Waals surface area contributed by atoms with Crippen LogP contribution < -0.4 is 15.4 Å². The zero-order valence-corrected chi connectivity index (χ0v) is 16.6. The van der Waals surface area contributed by atoms with Crippen molar-refractivity contribution in [3.05, 3.63) is 29.8 Å². The predicted octanol–water partition coefficient (Wildman–Crippen LogP) is 1.76. The molecule has 1 atom stereocenters. The van der Waals surface area contributed by atoms with E-state index in [9.17, 15) is 18.4 Å². The minimum Gasteiger partial charge on any atom is -0.496 e. The number of para-hydroxylation sites is 1. The van der Waals surface area contributed by atoms with Gasteiger partial charge in [0, 0.05) is 31.1 Å². The number of likely N-dealkylation sites (tertiary alicyclic amines) is 1. The second-order valence-corrected chi connectivity index (χ2v) is 7.15. The third kappa shape index (κ3) is 5.54. The largest absolute Gasteiger partial charge is 0.496 e. The highest BCUT2D eigenvalue weighted by Gasteiger charge is 2.42. The Hall–Kier alpha value is -1.93. The van der Waals surface area contributed by atoms with Gasteiger partial charge < -0.3 is 15.0 Å². The average Bonchev–Trinajstić information content (AvgIpc) is 3.02. The van der Waals surface area contributed by atoms with E-state index in [1.807, 2.05) is 24.3 Å². The molecular formula is C19H26ClF2N3O3. The number of nitrogens with one attached hydrogen (secondary N) is 2. The van der Waals surface area contributed by atoms with Crippen molar-refractivity contribution >= 4 is 24.2 Å². The van der Waals surface area contributed by atoms with E-state index in [0.717, 1.165) is 5.56 Å². The third-order valence-corrected chi connectivity index (χ3v) is 5.15. The number of alkyl halides is 2. The number of methoxy groups -OCH3 is 1. The monoisotopic (exact) mass is 417 g/mol. The van der Waals surface area contributed by atoms with Gasteiger partial charge in [0.2, 0.25) is 11.8 Å². The van der Waals surface area contributed by atoms with Crippen molar-refractivity contribution in [2.45, 2.75) is 43.7 Å². The van der Waals surface area contributed by atoms with Gasteiger partial charge in [0.25, 0.3) is 5.92 Å². The molecular weight excluding hydrogens is 392 g/mol. The Morgan fingerprint density at radius 3 is 2.57 bits per heavy atom. The maximum atomic E-state index is 13.2. The fourth-order valence-electron chi connectivity index (χ4n) is 3.60. The van der Waals surface area contributed by atoms with Crippen LogP contribution in [-0.4, -0.2) is 61.5 Å². The van der Waals surface area contributed by atoms with Crippen molar-refractivity contribution in [2.75, 3.05) is 26.7 Å². The minimum atomic E-state index is -2.82. The summed E-state index contributed by atoms with van der Waals surface area (Å²) in [6.07, 6.45) is 1.04. The lowest BCUT2D eigenvalue weighted by molar-refractivity contribution is -0.131. The lowest BCUT2D eigenvalue weighted by atomic mass is 10.0. The fraction of sp³-hybridized carbons (Fsp3) is 0.579. The van der Waals surface area contributed by atoms with Gasteiger partial charge in [-0.1, -0.05) is 18.2 Å². The summed E-state index contributed by atoms with van der Waals surface area (Å²) in [5.74, 6) is -2.50. The Balaban J connectivity index is 0.00000280. The number of halogens is 3. The van der Waals surface area contributed by atoms with E-state index >= 15 is 0 Å². The van der Waals surface area contributed by atoms with Gasteiger partial charge in [-0.05, 0) is 18.9 Å². The van der Waals surface area contributed by atoms with E-state index in [-0.39, 0.29) is 36.7 Å². The molecule has 0 aromatic heterocycles. The van der Waals surface area contributed by atoms with Gasteiger partial charge in [0.1, 0.15) is 5.75 Å². The van der Waals surface area contributed by atoms with Crippen molar-refractivity contribution in [3.63, 3.8) is 0 Å². The van der Waals surface area contributed by atoms with E-state index in [1.165, 1.54) is 0 Å². The number of piperidine rings is 1. The van der Waals surface area contributed by atoms with E-state index < -0.39 is 24.9 Å². The number of carbonyl (C=O) groups excluding carboxylic acids is 2. The second-order valence-electron chi connectivity index (χ2n) is 7.15. The Labute approximate surface area is 169 Å². The molecule has 2 aliphatic rings. The topological polar surface area (TPSA) is 70.7 Å². The number of benzene rings is 1. The summed E-state index contributed by atoms with van der Waals surface area (Å²) in [6, 6.07) is 6.48. The number of nitrogens with zero attached hydrogens (tertiary/aromatic N) is 1. The maximum Gasteiger partial charge on any atom is 0.262 e. The standard InChI is InChI=1S/C19H25F2N3O3.ClH/c1-27-16-5-3-2-4-13(16)10-17(25)24-8-6-14(7-9-24)23-18(26)15-11-19(20,21)12-22-15;/h2-5,14-15,22H,6-12H2,1H3,(H,23,26);1H. The molecule has 0 spiro atoms. The molecule has 0 saturated carbocycles. The van der Waals surface area contributed by atoms with Crippen molar-refractivity contribution in [1.82, 2.24) is 15.5 Å². The molecule has 0 radical (unpaired) electrons. The Bertz CT molecular complexity index is 697. The maximum absolute atomic E-state index is 13.2. The van der Waals surface area contributed by atoms with E-state index in [4.69, 9.17) is 4.74 Å². The average molecular weight is 418 g/mol. The number of rotatable bonds is 5. The van der Waals surface area contributed by atoms with Gasteiger partial charge in [-0.3, -0.25) is 14.9 Å². The number of amides is 2. The van der Waals surface area contributed by atoms with Crippen molar-refractivity contribution in [3.8, 4) is 5.75 Å². The molecule has 2 N–H and O–H groups in total. The highest BCUT2D eigenvalue weighted by atomic mass is 35.5. The zero-order chi connectivity index (χ0) is 19.4. The lowest BCUT2D eigenvalue weighted by Gasteiger charge is -2.33. The van der Waals surface area contributed by atoms with Crippen LogP contribution in [0.4, 0.5) is 8.78 Å². The highest BCUT2D eigenvalue weighted by molar-refractivity contribution is 5.85. The number of hydrogen-bond acceptors (Lipinski definition) is 4. The van der Waals surface area contributed by atoms with Crippen LogP contribution in [0.5, 0.6) is 5.75 Å². The van der Waals surface area contributed by atoms with Crippen LogP contribution in [-0.2, 0) is 16.0 Å².